The molecule has 2 aromatic rings. The third-order valence-corrected chi connectivity index (χ3v) is 4.34. The monoisotopic (exact) mass is 269 g/mol. The fourth-order valence-electron chi connectivity index (χ4n) is 2.22. The first-order valence-corrected chi connectivity index (χ1v) is 6.79. The Hall–Kier alpha value is -0.910. The van der Waals surface area contributed by atoms with Crippen molar-refractivity contribution < 1.29 is 4.52 Å². The molecule has 1 aliphatic rings. The van der Waals surface area contributed by atoms with Gasteiger partial charge in [0.2, 0.25) is 6.39 Å². The van der Waals surface area contributed by atoms with E-state index in [2.05, 4.69) is 21.5 Å². The number of thiophene rings is 1. The van der Waals surface area contributed by atoms with Crippen LogP contribution >= 0.6 is 22.9 Å². The predicted molar refractivity (Wildman–Crippen MR) is 66.1 cm³/mol. The van der Waals surface area contributed by atoms with Gasteiger partial charge in [-0.3, -0.25) is 0 Å². The molecule has 0 aliphatic heterocycles. The van der Waals surface area contributed by atoms with E-state index in [1.54, 1.807) is 11.3 Å². The Balaban J connectivity index is 1.72. The van der Waals surface area contributed by atoms with Crippen LogP contribution in [0.4, 0.5) is 0 Å². The molecule has 1 N–H and O–H groups in total. The SMILES string of the molecule is Clc1cc2c(s1)CCCC2NCc1ncon1. The summed E-state index contributed by atoms with van der Waals surface area (Å²) in [6.45, 7) is 0.633. The molecule has 1 unspecified atom stereocenters. The van der Waals surface area contributed by atoms with Gasteiger partial charge in [0.1, 0.15) is 0 Å². The van der Waals surface area contributed by atoms with E-state index in [0.29, 0.717) is 18.4 Å². The van der Waals surface area contributed by atoms with Crippen molar-refractivity contribution in [3.8, 4) is 0 Å². The maximum atomic E-state index is 6.07. The van der Waals surface area contributed by atoms with Gasteiger partial charge in [0, 0.05) is 10.9 Å². The molecule has 2 aromatic heterocycles. The Morgan fingerprint density at radius 2 is 2.53 bits per heavy atom. The molecule has 1 aliphatic carbocycles. The number of nitrogens with one attached hydrogen (secondary N) is 1. The molecule has 0 spiro atoms. The maximum Gasteiger partial charge on any atom is 0.213 e. The van der Waals surface area contributed by atoms with Crippen molar-refractivity contribution in [1.82, 2.24) is 15.5 Å². The first-order chi connectivity index (χ1) is 8.33. The fourth-order valence-corrected chi connectivity index (χ4v) is 3.60. The van der Waals surface area contributed by atoms with E-state index in [1.807, 2.05) is 0 Å². The summed E-state index contributed by atoms with van der Waals surface area (Å²) in [6.07, 6.45) is 4.84. The molecular formula is C11H12ClN3OS. The number of aromatic nitrogens is 2. The van der Waals surface area contributed by atoms with E-state index >= 15 is 0 Å². The molecule has 0 aromatic carbocycles. The van der Waals surface area contributed by atoms with Crippen LogP contribution < -0.4 is 5.32 Å². The molecule has 17 heavy (non-hydrogen) atoms. The van der Waals surface area contributed by atoms with Crippen LogP contribution in [-0.2, 0) is 13.0 Å². The zero-order valence-electron chi connectivity index (χ0n) is 9.15. The van der Waals surface area contributed by atoms with E-state index in [-0.39, 0.29) is 0 Å². The van der Waals surface area contributed by atoms with Gasteiger partial charge in [-0.05, 0) is 30.9 Å². The predicted octanol–water partition coefficient (Wildman–Crippen LogP) is 2.95. The molecule has 3 rings (SSSR count). The average Bonchev–Trinajstić information content (AvgIpc) is 2.93. The van der Waals surface area contributed by atoms with Crippen LogP contribution in [0, 0.1) is 0 Å². The molecule has 0 saturated heterocycles. The summed E-state index contributed by atoms with van der Waals surface area (Å²) < 4.78 is 5.59. The second-order valence-corrected chi connectivity index (χ2v) is 5.87. The van der Waals surface area contributed by atoms with Gasteiger partial charge >= 0.3 is 0 Å². The molecule has 90 valence electrons. The van der Waals surface area contributed by atoms with Gasteiger partial charge in [-0.25, -0.2) is 0 Å². The quantitative estimate of drug-likeness (QED) is 0.931. The summed E-state index contributed by atoms with van der Waals surface area (Å²) in [6, 6.07) is 2.44. The summed E-state index contributed by atoms with van der Waals surface area (Å²) in [5, 5.41) is 7.25. The highest BCUT2D eigenvalue weighted by Gasteiger charge is 2.22. The number of fused-ring (bicyclic) bond motifs is 1. The van der Waals surface area contributed by atoms with E-state index in [4.69, 9.17) is 16.1 Å². The highest BCUT2D eigenvalue weighted by molar-refractivity contribution is 7.16. The normalized spacial score (nSPS) is 19.2. The Morgan fingerprint density at radius 3 is 3.35 bits per heavy atom. The van der Waals surface area contributed by atoms with Gasteiger partial charge in [0.15, 0.2) is 5.82 Å². The Kier molecular flexibility index (Phi) is 3.13. The Bertz CT molecular complexity index is 497. The first kappa shape index (κ1) is 11.2. The number of hydrogen-bond acceptors (Lipinski definition) is 5. The number of halogens is 1. The minimum Gasteiger partial charge on any atom is -0.343 e. The molecule has 0 bridgehead atoms. The molecule has 0 saturated carbocycles. The van der Waals surface area contributed by atoms with Crippen LogP contribution in [-0.4, -0.2) is 10.1 Å². The molecule has 1 atom stereocenters. The Labute approximate surface area is 108 Å². The highest BCUT2D eigenvalue weighted by atomic mass is 35.5. The Morgan fingerprint density at radius 1 is 1.59 bits per heavy atom. The van der Waals surface area contributed by atoms with Gasteiger partial charge in [-0.1, -0.05) is 16.8 Å². The summed E-state index contributed by atoms with van der Waals surface area (Å²) in [5.74, 6) is 0.693. The lowest BCUT2D eigenvalue weighted by atomic mass is 9.94. The standard InChI is InChI=1S/C11H12ClN3OS/c12-10-4-7-8(2-1-3-9(7)17-10)13-5-11-14-6-16-15-11/h4,6,8,13H,1-3,5H2. The van der Waals surface area contributed by atoms with Crippen LogP contribution in [0.15, 0.2) is 17.0 Å². The zero-order valence-corrected chi connectivity index (χ0v) is 10.7. The van der Waals surface area contributed by atoms with Crippen molar-refractivity contribution >= 4 is 22.9 Å². The van der Waals surface area contributed by atoms with Gasteiger partial charge in [-0.2, -0.15) is 4.98 Å². The highest BCUT2D eigenvalue weighted by Crippen LogP contribution is 2.37. The molecule has 4 nitrogen and oxygen atoms in total. The smallest absolute Gasteiger partial charge is 0.213 e. The lowest BCUT2D eigenvalue weighted by Gasteiger charge is -2.22. The van der Waals surface area contributed by atoms with Crippen molar-refractivity contribution in [2.75, 3.05) is 0 Å². The van der Waals surface area contributed by atoms with Crippen molar-refractivity contribution in [3.63, 3.8) is 0 Å². The second kappa shape index (κ2) is 4.76. The van der Waals surface area contributed by atoms with E-state index in [0.717, 1.165) is 17.2 Å². The van der Waals surface area contributed by atoms with Gasteiger partial charge in [0.25, 0.3) is 0 Å². The van der Waals surface area contributed by atoms with E-state index in [1.165, 1.54) is 23.3 Å². The third-order valence-electron chi connectivity index (χ3n) is 3.00. The van der Waals surface area contributed by atoms with Crippen LogP contribution in [0.3, 0.4) is 0 Å². The molecule has 6 heteroatoms. The molecular weight excluding hydrogens is 258 g/mol. The van der Waals surface area contributed by atoms with Crippen LogP contribution in [0.25, 0.3) is 0 Å². The van der Waals surface area contributed by atoms with Crippen LogP contribution in [0.1, 0.15) is 35.1 Å². The topological polar surface area (TPSA) is 51.0 Å². The lowest BCUT2D eigenvalue weighted by molar-refractivity contribution is 0.399. The number of hydrogen-bond donors (Lipinski definition) is 1. The fraction of sp³-hybridized carbons (Fsp3) is 0.455. The first-order valence-electron chi connectivity index (χ1n) is 5.59. The van der Waals surface area contributed by atoms with Gasteiger partial charge in [0.05, 0.1) is 10.9 Å². The van der Waals surface area contributed by atoms with Crippen molar-refractivity contribution in [3.05, 3.63) is 33.1 Å². The molecule has 2 heterocycles. The third kappa shape index (κ3) is 2.36. The molecule has 0 fully saturated rings. The maximum absolute atomic E-state index is 6.07. The van der Waals surface area contributed by atoms with E-state index < -0.39 is 0 Å². The van der Waals surface area contributed by atoms with Gasteiger partial charge < -0.3 is 9.84 Å². The largest absolute Gasteiger partial charge is 0.343 e. The minimum atomic E-state index is 0.362. The zero-order chi connectivity index (χ0) is 11.7. The average molecular weight is 270 g/mol. The van der Waals surface area contributed by atoms with Crippen molar-refractivity contribution in [2.24, 2.45) is 0 Å². The molecule has 0 amide bonds. The second-order valence-electron chi connectivity index (χ2n) is 4.10. The van der Waals surface area contributed by atoms with Crippen molar-refractivity contribution in [2.45, 2.75) is 31.8 Å². The van der Waals surface area contributed by atoms with Crippen molar-refractivity contribution in [1.29, 1.82) is 0 Å². The summed E-state index contributed by atoms with van der Waals surface area (Å²) in [4.78, 5) is 5.41. The van der Waals surface area contributed by atoms with Crippen LogP contribution in [0.5, 0.6) is 0 Å². The summed E-state index contributed by atoms with van der Waals surface area (Å²) in [7, 11) is 0. The van der Waals surface area contributed by atoms with Crippen LogP contribution in [0.2, 0.25) is 4.34 Å². The number of rotatable bonds is 3. The lowest BCUT2D eigenvalue weighted by Crippen LogP contribution is -2.24. The van der Waals surface area contributed by atoms with E-state index in [9.17, 15) is 0 Å². The number of nitrogens with zero attached hydrogens (tertiary/aromatic N) is 2. The number of aryl methyl sites for hydroxylation is 1. The molecule has 0 radical (unpaired) electrons. The van der Waals surface area contributed by atoms with Gasteiger partial charge in [-0.15, -0.1) is 11.3 Å². The minimum absolute atomic E-state index is 0.362. The summed E-state index contributed by atoms with van der Waals surface area (Å²) >= 11 is 7.76. The summed E-state index contributed by atoms with van der Waals surface area (Å²) in [5.41, 5.74) is 1.34.